The second-order valence-corrected chi connectivity index (χ2v) is 6.34. The van der Waals surface area contributed by atoms with Gasteiger partial charge < -0.3 is 14.0 Å². The summed E-state index contributed by atoms with van der Waals surface area (Å²) in [6, 6.07) is 20.4. The Hall–Kier alpha value is -3.18. The molecule has 136 valence electrons. The summed E-state index contributed by atoms with van der Waals surface area (Å²) in [6.45, 7) is 0.450. The zero-order valence-electron chi connectivity index (χ0n) is 15.6. The molecule has 0 saturated carbocycles. The molecule has 0 bridgehead atoms. The Morgan fingerprint density at radius 2 is 1.63 bits per heavy atom. The highest BCUT2D eigenvalue weighted by Crippen LogP contribution is 2.34. The van der Waals surface area contributed by atoms with Crippen LogP contribution in [0.2, 0.25) is 0 Å². The van der Waals surface area contributed by atoms with Crippen molar-refractivity contribution in [1.82, 2.24) is 14.5 Å². The van der Waals surface area contributed by atoms with E-state index in [0.29, 0.717) is 6.61 Å². The van der Waals surface area contributed by atoms with Crippen molar-refractivity contribution in [3.05, 3.63) is 66.5 Å². The Balaban J connectivity index is 1.96. The van der Waals surface area contributed by atoms with Gasteiger partial charge in [0.2, 0.25) is 0 Å². The number of hydrogen-bond acceptors (Lipinski definition) is 4. The average molecular weight is 359 g/mol. The maximum atomic E-state index is 5.30. The molecule has 0 fully saturated rings. The van der Waals surface area contributed by atoms with Crippen LogP contribution >= 0.6 is 0 Å². The summed E-state index contributed by atoms with van der Waals surface area (Å²) in [7, 11) is 5.33. The maximum Gasteiger partial charge on any atom is 0.178 e. The normalized spacial score (nSPS) is 11.1. The average Bonchev–Trinajstić information content (AvgIpc) is 3.03. The van der Waals surface area contributed by atoms with Crippen molar-refractivity contribution in [2.75, 3.05) is 14.2 Å². The van der Waals surface area contributed by atoms with E-state index >= 15 is 0 Å². The van der Waals surface area contributed by atoms with Gasteiger partial charge in [-0.3, -0.25) is 0 Å². The Labute approximate surface area is 158 Å². The van der Waals surface area contributed by atoms with Crippen molar-refractivity contribution in [3.8, 4) is 28.1 Å². The van der Waals surface area contributed by atoms with Crippen molar-refractivity contribution in [2.24, 2.45) is 7.05 Å². The summed E-state index contributed by atoms with van der Waals surface area (Å²) in [4.78, 5) is 9.57. The number of nitrogens with zero attached hydrogens (tertiary/aromatic N) is 3. The zero-order valence-corrected chi connectivity index (χ0v) is 15.6. The fourth-order valence-corrected chi connectivity index (χ4v) is 3.22. The third-order valence-electron chi connectivity index (χ3n) is 4.69. The molecule has 2 aromatic heterocycles. The van der Waals surface area contributed by atoms with Crippen LogP contribution in [0.25, 0.3) is 33.5 Å². The van der Waals surface area contributed by atoms with E-state index in [2.05, 4.69) is 35.3 Å². The van der Waals surface area contributed by atoms with Crippen LogP contribution in [0.5, 0.6) is 5.75 Å². The highest BCUT2D eigenvalue weighted by molar-refractivity contribution is 5.89. The van der Waals surface area contributed by atoms with E-state index in [1.165, 1.54) is 0 Å². The molecule has 2 aromatic carbocycles. The molecule has 0 aliphatic carbocycles. The molecule has 0 unspecified atom stereocenters. The smallest absolute Gasteiger partial charge is 0.178 e. The summed E-state index contributed by atoms with van der Waals surface area (Å²) in [6.07, 6.45) is 0. The van der Waals surface area contributed by atoms with Crippen molar-refractivity contribution in [1.29, 1.82) is 0 Å². The van der Waals surface area contributed by atoms with Gasteiger partial charge in [-0.05, 0) is 23.8 Å². The number of methoxy groups -OCH3 is 2. The van der Waals surface area contributed by atoms with Crippen LogP contribution < -0.4 is 4.74 Å². The van der Waals surface area contributed by atoms with Gasteiger partial charge in [-0.25, -0.2) is 9.97 Å². The van der Waals surface area contributed by atoms with E-state index in [1.54, 1.807) is 14.2 Å². The lowest BCUT2D eigenvalue weighted by Crippen LogP contribution is -1.99. The summed E-state index contributed by atoms with van der Waals surface area (Å²) in [5, 5.41) is 0. The quantitative estimate of drug-likeness (QED) is 0.528. The van der Waals surface area contributed by atoms with Gasteiger partial charge in [-0.2, -0.15) is 0 Å². The van der Waals surface area contributed by atoms with Crippen LogP contribution in [-0.4, -0.2) is 28.8 Å². The first-order chi connectivity index (χ1) is 13.2. The second kappa shape index (κ2) is 7.21. The number of hydrogen-bond donors (Lipinski definition) is 0. The molecule has 27 heavy (non-hydrogen) atoms. The van der Waals surface area contributed by atoms with E-state index in [1.807, 2.05) is 41.9 Å². The van der Waals surface area contributed by atoms with Crippen molar-refractivity contribution in [3.63, 3.8) is 0 Å². The van der Waals surface area contributed by atoms with E-state index in [-0.39, 0.29) is 0 Å². The van der Waals surface area contributed by atoms with E-state index in [4.69, 9.17) is 14.5 Å². The highest BCUT2D eigenvalue weighted by atomic mass is 16.5. The molecule has 0 radical (unpaired) electrons. The Morgan fingerprint density at radius 1 is 0.889 bits per heavy atom. The summed E-state index contributed by atoms with van der Waals surface area (Å²) in [5.41, 5.74) is 5.81. The van der Waals surface area contributed by atoms with Gasteiger partial charge in [0.05, 0.1) is 18.3 Å². The van der Waals surface area contributed by atoms with Crippen LogP contribution in [0, 0.1) is 0 Å². The number of aromatic nitrogens is 3. The lowest BCUT2D eigenvalue weighted by atomic mass is 9.99. The minimum Gasteiger partial charge on any atom is -0.497 e. The monoisotopic (exact) mass is 359 g/mol. The maximum absolute atomic E-state index is 5.30. The Bertz CT molecular complexity index is 1070. The molecule has 0 atom stereocenters. The summed E-state index contributed by atoms with van der Waals surface area (Å²) in [5.74, 6) is 1.68. The molecule has 5 heteroatoms. The molecule has 0 spiro atoms. The van der Waals surface area contributed by atoms with E-state index in [9.17, 15) is 0 Å². The molecule has 0 N–H and O–H groups in total. The van der Waals surface area contributed by atoms with E-state index < -0.39 is 0 Å². The number of fused-ring (bicyclic) bond motifs is 1. The second-order valence-electron chi connectivity index (χ2n) is 6.34. The van der Waals surface area contributed by atoms with Crippen molar-refractivity contribution in [2.45, 2.75) is 6.61 Å². The van der Waals surface area contributed by atoms with E-state index in [0.717, 1.165) is 45.1 Å². The van der Waals surface area contributed by atoms with Gasteiger partial charge in [-0.15, -0.1) is 0 Å². The van der Waals surface area contributed by atoms with Crippen LogP contribution in [0.3, 0.4) is 0 Å². The molecule has 5 nitrogen and oxygen atoms in total. The molecule has 4 rings (SSSR count). The molecule has 0 saturated heterocycles. The first kappa shape index (κ1) is 17.2. The van der Waals surface area contributed by atoms with Crippen molar-refractivity contribution >= 4 is 11.2 Å². The highest BCUT2D eigenvalue weighted by Gasteiger charge is 2.16. The molecule has 0 amide bonds. The molecule has 0 aliphatic rings. The first-order valence-electron chi connectivity index (χ1n) is 8.76. The summed E-state index contributed by atoms with van der Waals surface area (Å²) < 4.78 is 12.6. The molecule has 4 aromatic rings. The van der Waals surface area contributed by atoms with Crippen LogP contribution in [-0.2, 0) is 18.4 Å². The van der Waals surface area contributed by atoms with Gasteiger partial charge >= 0.3 is 0 Å². The summed E-state index contributed by atoms with van der Waals surface area (Å²) >= 11 is 0. The predicted molar refractivity (Wildman–Crippen MR) is 107 cm³/mol. The van der Waals surface area contributed by atoms with Gasteiger partial charge in [0, 0.05) is 25.3 Å². The molecular weight excluding hydrogens is 338 g/mol. The predicted octanol–water partition coefficient (Wildman–Crippen LogP) is 4.46. The fraction of sp³-hybridized carbons (Fsp3) is 0.182. The van der Waals surface area contributed by atoms with Crippen molar-refractivity contribution < 1.29 is 9.47 Å². The number of ether oxygens (including phenoxy) is 2. The SMILES string of the molecule is COCc1nc2nc(-c3ccccc3)c(-c3ccc(OC)cc3)cc2n1C. The number of imidazole rings is 1. The topological polar surface area (TPSA) is 49.2 Å². The Kier molecular flexibility index (Phi) is 4.60. The van der Waals surface area contributed by atoms with Crippen LogP contribution in [0.15, 0.2) is 60.7 Å². The standard InChI is InChI=1S/C22H21N3O2/c1-25-19-13-18(15-9-11-17(27-3)12-10-15)21(16-7-5-4-6-8-16)24-22(19)23-20(25)14-26-2/h4-13H,14H2,1-3H3. The number of aryl methyl sites for hydroxylation is 1. The molecular formula is C22H21N3O2. The minimum absolute atomic E-state index is 0.450. The third kappa shape index (κ3) is 3.17. The third-order valence-corrected chi connectivity index (χ3v) is 4.69. The largest absolute Gasteiger partial charge is 0.497 e. The van der Waals surface area contributed by atoms with Crippen LogP contribution in [0.4, 0.5) is 0 Å². The molecule has 2 heterocycles. The zero-order chi connectivity index (χ0) is 18.8. The van der Waals surface area contributed by atoms with Crippen LogP contribution in [0.1, 0.15) is 5.82 Å². The lowest BCUT2D eigenvalue weighted by Gasteiger charge is -2.11. The number of rotatable bonds is 5. The molecule has 0 aliphatic heterocycles. The van der Waals surface area contributed by atoms with Gasteiger partial charge in [0.1, 0.15) is 18.2 Å². The number of benzene rings is 2. The lowest BCUT2D eigenvalue weighted by molar-refractivity contribution is 0.176. The Morgan fingerprint density at radius 3 is 2.30 bits per heavy atom. The first-order valence-corrected chi connectivity index (χ1v) is 8.76. The fourth-order valence-electron chi connectivity index (χ4n) is 3.22. The van der Waals surface area contributed by atoms with Gasteiger partial charge in [0.25, 0.3) is 0 Å². The van der Waals surface area contributed by atoms with Gasteiger partial charge in [0.15, 0.2) is 5.65 Å². The number of pyridine rings is 1. The minimum atomic E-state index is 0.450. The van der Waals surface area contributed by atoms with Gasteiger partial charge in [-0.1, -0.05) is 42.5 Å².